The van der Waals surface area contributed by atoms with E-state index in [2.05, 4.69) is 15.5 Å². The highest BCUT2D eigenvalue weighted by Crippen LogP contribution is 2.28. The molecule has 33 heavy (non-hydrogen) atoms. The average molecular weight is 458 g/mol. The summed E-state index contributed by atoms with van der Waals surface area (Å²) in [5.41, 5.74) is 3.13. The predicted octanol–water partition coefficient (Wildman–Crippen LogP) is 5.14. The normalized spacial score (nSPS) is 25.2. The number of methoxy groups -OCH3 is 2. The highest BCUT2D eigenvalue weighted by molar-refractivity contribution is 5.84. The monoisotopic (exact) mass is 457 g/mol. The van der Waals surface area contributed by atoms with Gasteiger partial charge in [0.1, 0.15) is 18.3 Å². The molecular formula is C24H31N3O6. The number of benzene rings is 2. The molecule has 1 aliphatic heterocycles. The Balaban J connectivity index is 1.59. The number of hydrogen-bond donors (Lipinski definition) is 1. The average Bonchev–Trinajstić information content (AvgIpc) is 2.80. The van der Waals surface area contributed by atoms with Crippen LogP contribution in [0.4, 0.5) is 21.9 Å². The molecule has 3 rings (SSSR count). The van der Waals surface area contributed by atoms with Gasteiger partial charge in [0.15, 0.2) is 0 Å². The van der Waals surface area contributed by atoms with Crippen molar-refractivity contribution in [2.24, 2.45) is 10.2 Å². The zero-order chi connectivity index (χ0) is 23.8. The van der Waals surface area contributed by atoms with Crippen LogP contribution in [0.25, 0.3) is 0 Å². The predicted molar refractivity (Wildman–Crippen MR) is 123 cm³/mol. The number of nitrogens with one attached hydrogen (secondary N) is 1. The first-order valence-electron chi connectivity index (χ1n) is 10.8. The van der Waals surface area contributed by atoms with Crippen molar-refractivity contribution in [2.45, 2.75) is 51.5 Å². The van der Waals surface area contributed by atoms with Gasteiger partial charge >= 0.3 is 6.09 Å². The number of aryl methyl sites for hydroxylation is 1. The number of ether oxygens (including phenoxy) is 5. The van der Waals surface area contributed by atoms with Gasteiger partial charge in [-0.3, -0.25) is 5.32 Å². The van der Waals surface area contributed by atoms with Crippen molar-refractivity contribution >= 4 is 23.2 Å². The molecule has 1 fully saturated rings. The molecule has 0 bridgehead atoms. The molecule has 9 heteroatoms. The molecule has 9 nitrogen and oxygen atoms in total. The van der Waals surface area contributed by atoms with Crippen molar-refractivity contribution in [3.05, 3.63) is 54.1 Å². The highest BCUT2D eigenvalue weighted by atomic mass is 16.7. The molecule has 5 atom stereocenters. The number of anilines is 1. The standard InChI is InChI=1S/C24H31N3O6/c1-6-31-21-20(29-4)16(3)32-23(22(21)30-5)33-24(28)25-17-11-13-19(14-12-17)27-26-18-9-7-15(2)8-10-18/h7-14,16,20-23H,6H2,1-5H3,(H,25,28). The van der Waals surface area contributed by atoms with Gasteiger partial charge in [0.25, 0.3) is 0 Å². The van der Waals surface area contributed by atoms with Crippen molar-refractivity contribution in [3.63, 3.8) is 0 Å². The molecule has 1 amide bonds. The molecule has 0 spiro atoms. The lowest BCUT2D eigenvalue weighted by molar-refractivity contribution is -0.292. The molecule has 0 radical (unpaired) electrons. The minimum Gasteiger partial charge on any atom is -0.416 e. The number of hydrogen-bond acceptors (Lipinski definition) is 8. The number of amides is 1. The van der Waals surface area contributed by atoms with Gasteiger partial charge in [0, 0.05) is 26.5 Å². The zero-order valence-electron chi connectivity index (χ0n) is 19.6. The van der Waals surface area contributed by atoms with Gasteiger partial charge in [-0.25, -0.2) is 4.79 Å². The molecule has 1 aliphatic rings. The Kier molecular flexibility index (Phi) is 8.90. The van der Waals surface area contributed by atoms with E-state index >= 15 is 0 Å². The van der Waals surface area contributed by atoms with E-state index in [1.807, 2.05) is 45.0 Å². The van der Waals surface area contributed by atoms with Crippen molar-refractivity contribution in [3.8, 4) is 0 Å². The van der Waals surface area contributed by atoms with E-state index in [0.717, 1.165) is 11.3 Å². The van der Waals surface area contributed by atoms with Gasteiger partial charge in [-0.15, -0.1) is 0 Å². The van der Waals surface area contributed by atoms with Crippen LogP contribution in [0, 0.1) is 6.92 Å². The molecule has 5 unspecified atom stereocenters. The summed E-state index contributed by atoms with van der Waals surface area (Å²) in [6, 6.07) is 14.7. The summed E-state index contributed by atoms with van der Waals surface area (Å²) in [5, 5.41) is 11.1. The van der Waals surface area contributed by atoms with Gasteiger partial charge in [-0.05, 0) is 57.2 Å². The van der Waals surface area contributed by atoms with Gasteiger partial charge in [0.05, 0.1) is 17.5 Å². The summed E-state index contributed by atoms with van der Waals surface area (Å²) >= 11 is 0. The Morgan fingerprint density at radius 3 is 2.06 bits per heavy atom. The van der Waals surface area contributed by atoms with Crippen molar-refractivity contribution in [1.29, 1.82) is 0 Å². The molecular weight excluding hydrogens is 426 g/mol. The number of rotatable bonds is 8. The molecule has 1 N–H and O–H groups in total. The lowest BCUT2D eigenvalue weighted by atomic mass is 9.99. The molecule has 2 aromatic carbocycles. The van der Waals surface area contributed by atoms with E-state index in [9.17, 15) is 4.79 Å². The number of carbonyl (C=O) groups is 1. The first-order chi connectivity index (χ1) is 15.9. The Morgan fingerprint density at radius 2 is 1.52 bits per heavy atom. The summed E-state index contributed by atoms with van der Waals surface area (Å²) in [5.74, 6) is 0. The fourth-order valence-corrected chi connectivity index (χ4v) is 3.61. The Bertz CT molecular complexity index is 919. The van der Waals surface area contributed by atoms with Gasteiger partial charge in [-0.2, -0.15) is 10.2 Å². The van der Waals surface area contributed by atoms with Crippen LogP contribution in [-0.4, -0.2) is 57.6 Å². The van der Waals surface area contributed by atoms with Crippen LogP contribution in [0.1, 0.15) is 19.4 Å². The molecule has 0 saturated carbocycles. The van der Waals surface area contributed by atoms with Crippen LogP contribution in [-0.2, 0) is 23.7 Å². The van der Waals surface area contributed by atoms with Crippen LogP contribution < -0.4 is 5.32 Å². The van der Waals surface area contributed by atoms with E-state index in [0.29, 0.717) is 18.0 Å². The second-order valence-corrected chi connectivity index (χ2v) is 7.64. The smallest absolute Gasteiger partial charge is 0.414 e. The quantitative estimate of drug-likeness (QED) is 0.551. The maximum Gasteiger partial charge on any atom is 0.414 e. The van der Waals surface area contributed by atoms with Crippen LogP contribution in [0.2, 0.25) is 0 Å². The summed E-state index contributed by atoms with van der Waals surface area (Å²) in [7, 11) is 3.10. The molecule has 0 aromatic heterocycles. The minimum absolute atomic E-state index is 0.348. The number of azo groups is 1. The third-order valence-electron chi connectivity index (χ3n) is 5.28. The maximum absolute atomic E-state index is 12.5. The van der Waals surface area contributed by atoms with E-state index < -0.39 is 24.6 Å². The van der Waals surface area contributed by atoms with Crippen LogP contribution in [0.5, 0.6) is 0 Å². The molecule has 1 heterocycles. The summed E-state index contributed by atoms with van der Waals surface area (Å²) < 4.78 is 28.2. The fourth-order valence-electron chi connectivity index (χ4n) is 3.61. The Morgan fingerprint density at radius 1 is 0.939 bits per heavy atom. The zero-order valence-corrected chi connectivity index (χ0v) is 19.6. The van der Waals surface area contributed by atoms with Crippen LogP contribution >= 0.6 is 0 Å². The topological polar surface area (TPSA) is 100.0 Å². The maximum atomic E-state index is 12.5. The Hall–Kier alpha value is -2.85. The Labute approximate surface area is 194 Å². The van der Waals surface area contributed by atoms with Crippen molar-refractivity contribution < 1.29 is 28.5 Å². The largest absolute Gasteiger partial charge is 0.416 e. The highest BCUT2D eigenvalue weighted by Gasteiger charge is 2.47. The van der Waals surface area contributed by atoms with Crippen molar-refractivity contribution in [1.82, 2.24) is 0 Å². The molecule has 1 saturated heterocycles. The first kappa shape index (κ1) is 24.8. The summed E-state index contributed by atoms with van der Waals surface area (Å²) in [4.78, 5) is 12.5. The van der Waals surface area contributed by atoms with Crippen molar-refractivity contribution in [2.75, 3.05) is 26.1 Å². The number of nitrogens with zero attached hydrogens (tertiary/aromatic N) is 2. The van der Waals surface area contributed by atoms with Gasteiger partial charge in [0.2, 0.25) is 6.29 Å². The molecule has 178 valence electrons. The van der Waals surface area contributed by atoms with Gasteiger partial charge < -0.3 is 23.7 Å². The van der Waals surface area contributed by atoms with Crippen LogP contribution in [0.15, 0.2) is 58.8 Å². The first-order valence-corrected chi connectivity index (χ1v) is 10.8. The fraction of sp³-hybridized carbons (Fsp3) is 0.458. The van der Waals surface area contributed by atoms with Gasteiger partial charge in [-0.1, -0.05) is 17.7 Å². The molecule has 2 aromatic rings. The van der Waals surface area contributed by atoms with Crippen LogP contribution in [0.3, 0.4) is 0 Å². The summed E-state index contributed by atoms with van der Waals surface area (Å²) in [6.45, 7) is 6.20. The van der Waals surface area contributed by atoms with E-state index in [-0.39, 0.29) is 12.2 Å². The number of carbonyl (C=O) groups excluding carboxylic acids is 1. The third kappa shape index (κ3) is 6.58. The SMILES string of the molecule is CCOC1C(OC)C(C)OC(OC(=O)Nc2ccc(N=Nc3ccc(C)cc3)cc2)C1OC. The lowest BCUT2D eigenvalue weighted by Gasteiger charge is -2.43. The van der Waals surface area contributed by atoms with E-state index in [1.54, 1.807) is 31.4 Å². The summed E-state index contributed by atoms with van der Waals surface area (Å²) in [6.07, 6.45) is -3.40. The van der Waals surface area contributed by atoms with E-state index in [1.165, 1.54) is 7.11 Å². The lowest BCUT2D eigenvalue weighted by Crippen LogP contribution is -2.60. The third-order valence-corrected chi connectivity index (χ3v) is 5.28. The molecule has 0 aliphatic carbocycles. The minimum atomic E-state index is -0.949. The second-order valence-electron chi connectivity index (χ2n) is 7.64. The second kappa shape index (κ2) is 11.9. The van der Waals surface area contributed by atoms with E-state index in [4.69, 9.17) is 23.7 Å².